The Balaban J connectivity index is 0.000000140. The van der Waals surface area contributed by atoms with E-state index >= 15 is 0 Å². The lowest BCUT2D eigenvalue weighted by Crippen LogP contribution is -2.36. The lowest BCUT2D eigenvalue weighted by Gasteiger charge is -2.20. The highest BCUT2D eigenvalue weighted by Gasteiger charge is 2.35. The van der Waals surface area contributed by atoms with E-state index in [9.17, 15) is 4.79 Å². The summed E-state index contributed by atoms with van der Waals surface area (Å²) < 4.78 is 2.25. The molecule has 1 amide bonds. The van der Waals surface area contributed by atoms with Crippen molar-refractivity contribution in [1.29, 1.82) is 5.26 Å². The molecule has 1 fully saturated rings. The van der Waals surface area contributed by atoms with Gasteiger partial charge in [0, 0.05) is 76.4 Å². The van der Waals surface area contributed by atoms with Gasteiger partial charge in [-0.05, 0) is 70.6 Å². The van der Waals surface area contributed by atoms with Crippen LogP contribution in [0.5, 0.6) is 0 Å². The molecule has 1 aromatic carbocycles. The quantitative estimate of drug-likeness (QED) is 0.199. The number of carbonyl (C=O) groups is 1. The van der Waals surface area contributed by atoms with Crippen LogP contribution in [0.1, 0.15) is 17.5 Å². The fourth-order valence-electron chi connectivity index (χ4n) is 5.76. The van der Waals surface area contributed by atoms with Crippen molar-refractivity contribution in [2.24, 2.45) is 5.92 Å². The number of aromatic amines is 1. The number of H-pyrrole nitrogens is 1. The highest BCUT2D eigenvalue weighted by atomic mass is 79.9. The van der Waals surface area contributed by atoms with Crippen LogP contribution in [0.25, 0.3) is 22.2 Å². The minimum Gasteiger partial charge on any atom is -0.369 e. The van der Waals surface area contributed by atoms with Gasteiger partial charge < -0.3 is 15.2 Å². The Labute approximate surface area is 272 Å². The number of fused-ring (bicyclic) bond motifs is 3. The van der Waals surface area contributed by atoms with Crippen molar-refractivity contribution in [3.63, 3.8) is 0 Å². The molecule has 44 heavy (non-hydrogen) atoms. The van der Waals surface area contributed by atoms with E-state index in [0.29, 0.717) is 19.6 Å². The molecule has 0 aliphatic carbocycles. The van der Waals surface area contributed by atoms with E-state index in [1.807, 2.05) is 53.6 Å². The number of benzene rings is 1. The van der Waals surface area contributed by atoms with Crippen LogP contribution in [0.2, 0.25) is 0 Å². The molecule has 11 heteroatoms. The van der Waals surface area contributed by atoms with Gasteiger partial charge in [-0.25, -0.2) is 15.0 Å². The van der Waals surface area contributed by atoms with Gasteiger partial charge in [0.1, 0.15) is 17.3 Å². The van der Waals surface area contributed by atoms with Crippen LogP contribution >= 0.6 is 31.9 Å². The van der Waals surface area contributed by atoms with Crippen LogP contribution in [-0.4, -0.2) is 56.9 Å². The van der Waals surface area contributed by atoms with Gasteiger partial charge in [-0.2, -0.15) is 5.26 Å². The molecule has 1 atom stereocenters. The Morgan fingerprint density at radius 1 is 0.909 bits per heavy atom. The maximum atomic E-state index is 12.9. The molecule has 0 spiro atoms. The third-order valence-electron chi connectivity index (χ3n) is 7.98. The summed E-state index contributed by atoms with van der Waals surface area (Å²) in [5, 5.41) is 13.3. The summed E-state index contributed by atoms with van der Waals surface area (Å²) >= 11 is 6.88. The minimum atomic E-state index is -0.0993. The van der Waals surface area contributed by atoms with Gasteiger partial charge in [-0.3, -0.25) is 9.69 Å². The molecule has 0 radical (unpaired) electrons. The first-order chi connectivity index (χ1) is 21.5. The van der Waals surface area contributed by atoms with Crippen molar-refractivity contribution in [2.75, 3.05) is 36.4 Å². The second-order valence-electron chi connectivity index (χ2n) is 10.6. The van der Waals surface area contributed by atoms with Crippen LogP contribution < -0.4 is 10.2 Å². The highest BCUT2D eigenvalue weighted by molar-refractivity contribution is 9.11. The van der Waals surface area contributed by atoms with Gasteiger partial charge in [0.2, 0.25) is 5.91 Å². The average Bonchev–Trinajstić information content (AvgIpc) is 3.88. The van der Waals surface area contributed by atoms with Crippen LogP contribution in [0, 0.1) is 17.4 Å². The van der Waals surface area contributed by atoms with Crippen LogP contribution in [0.4, 0.5) is 11.6 Å². The molecule has 222 valence electrons. The molecule has 8 rings (SSSR count). The van der Waals surface area contributed by atoms with E-state index in [1.54, 1.807) is 23.5 Å². The average molecular weight is 714 g/mol. The third-order valence-corrected chi connectivity index (χ3v) is 9.41. The van der Waals surface area contributed by atoms with Crippen molar-refractivity contribution in [3.8, 4) is 17.3 Å². The fourth-order valence-corrected chi connectivity index (χ4v) is 6.70. The molecule has 3 aliphatic heterocycles. The minimum absolute atomic E-state index is 0.0993. The topological polar surface area (TPSA) is 114 Å². The summed E-state index contributed by atoms with van der Waals surface area (Å²) in [6.45, 7) is 2.89. The van der Waals surface area contributed by atoms with Crippen molar-refractivity contribution in [2.45, 2.75) is 19.3 Å². The Morgan fingerprint density at radius 3 is 2.48 bits per heavy atom. The second kappa shape index (κ2) is 13.6. The number of anilines is 2. The molecular formula is C33H30Br2N8O. The normalized spacial score (nSPS) is 16.2. The standard InChI is InChI=1S/C19H18N4O.C7H7BrN2.C7H5BrN2/c20-13-22-10-7-15(12-22)19(24)23-11-8-17-16(6-9-21-18(17)23)14-4-2-1-3-5-14;2*8-6-2-4-10-7-5(6)1-3-9-7/h1-6,9,15H,7-8,10-12H2;2,4H,1,3H2,(H,9,10);1-4H,(H,9,10)/t15-;;/m0../s1. The van der Waals surface area contributed by atoms with E-state index in [-0.39, 0.29) is 11.8 Å². The van der Waals surface area contributed by atoms with Gasteiger partial charge in [0.05, 0.1) is 5.92 Å². The summed E-state index contributed by atoms with van der Waals surface area (Å²) in [5.41, 5.74) is 5.69. The molecular weight excluding hydrogens is 684 g/mol. The van der Waals surface area contributed by atoms with Crippen molar-refractivity contribution >= 4 is 60.4 Å². The summed E-state index contributed by atoms with van der Waals surface area (Å²) in [6.07, 6.45) is 12.0. The molecule has 7 heterocycles. The Hall–Kier alpha value is -4.27. The third kappa shape index (κ3) is 6.32. The largest absolute Gasteiger partial charge is 0.369 e. The number of nitrogens with one attached hydrogen (secondary N) is 2. The summed E-state index contributed by atoms with van der Waals surface area (Å²) in [4.78, 5) is 32.1. The number of hydrogen-bond donors (Lipinski definition) is 2. The van der Waals surface area contributed by atoms with E-state index < -0.39 is 0 Å². The second-order valence-corrected chi connectivity index (χ2v) is 12.3. The summed E-state index contributed by atoms with van der Waals surface area (Å²) in [5.74, 6) is 1.83. The summed E-state index contributed by atoms with van der Waals surface area (Å²) in [7, 11) is 0. The molecule has 9 nitrogen and oxygen atoms in total. The monoisotopic (exact) mass is 712 g/mol. The number of rotatable bonds is 2. The number of amides is 1. The molecule has 0 unspecified atom stereocenters. The zero-order valence-electron chi connectivity index (χ0n) is 23.9. The molecule has 2 N–H and O–H groups in total. The van der Waals surface area contributed by atoms with E-state index in [2.05, 4.69) is 75.4 Å². The molecule has 1 saturated heterocycles. The first-order valence-electron chi connectivity index (χ1n) is 14.5. The highest BCUT2D eigenvalue weighted by Crippen LogP contribution is 2.36. The van der Waals surface area contributed by atoms with E-state index in [4.69, 9.17) is 5.26 Å². The predicted molar refractivity (Wildman–Crippen MR) is 179 cm³/mol. The maximum Gasteiger partial charge on any atom is 0.233 e. The fraction of sp³-hybridized carbons (Fsp3) is 0.242. The molecule has 3 aliphatic rings. The van der Waals surface area contributed by atoms with Crippen LogP contribution in [0.3, 0.4) is 0 Å². The molecule has 0 saturated carbocycles. The van der Waals surface area contributed by atoms with Crippen molar-refractivity contribution in [1.82, 2.24) is 24.8 Å². The van der Waals surface area contributed by atoms with Crippen molar-refractivity contribution in [3.05, 3.63) is 99.5 Å². The number of aromatic nitrogens is 4. The maximum absolute atomic E-state index is 12.9. The van der Waals surface area contributed by atoms with Crippen LogP contribution in [0.15, 0.2) is 88.3 Å². The lowest BCUT2D eigenvalue weighted by molar-refractivity contribution is -0.121. The number of pyridine rings is 3. The van der Waals surface area contributed by atoms with E-state index in [1.165, 1.54) is 10.0 Å². The zero-order valence-corrected chi connectivity index (χ0v) is 27.1. The number of nitriles is 1. The number of nitrogens with zero attached hydrogens (tertiary/aromatic N) is 6. The number of likely N-dealkylation sites (tertiary alicyclic amines) is 1. The first kappa shape index (κ1) is 29.8. The van der Waals surface area contributed by atoms with Gasteiger partial charge in [-0.15, -0.1) is 0 Å². The Kier molecular flexibility index (Phi) is 9.19. The molecule has 0 bridgehead atoms. The number of hydrogen-bond acceptors (Lipinski definition) is 7. The van der Waals surface area contributed by atoms with Crippen LogP contribution in [-0.2, 0) is 17.6 Å². The Bertz CT molecular complexity index is 1820. The number of halogens is 2. The number of carbonyl (C=O) groups excluding carboxylic acids is 1. The predicted octanol–water partition coefficient (Wildman–Crippen LogP) is 6.58. The Morgan fingerprint density at radius 2 is 1.70 bits per heavy atom. The lowest BCUT2D eigenvalue weighted by atomic mass is 10.0. The van der Waals surface area contributed by atoms with Gasteiger partial charge in [-0.1, -0.05) is 46.3 Å². The molecule has 4 aromatic heterocycles. The van der Waals surface area contributed by atoms with Gasteiger partial charge >= 0.3 is 0 Å². The van der Waals surface area contributed by atoms with E-state index in [0.717, 1.165) is 69.6 Å². The van der Waals surface area contributed by atoms with Gasteiger partial charge in [0.25, 0.3) is 0 Å². The van der Waals surface area contributed by atoms with Crippen molar-refractivity contribution < 1.29 is 4.79 Å². The SMILES string of the molecule is Brc1ccnc2[nH]ccc12.Brc1ccnc2c1CCN2.N#CN1CC[C@H](C(=O)N2CCc3c(-c4ccccc4)ccnc32)C1. The smallest absolute Gasteiger partial charge is 0.233 e. The first-order valence-corrected chi connectivity index (χ1v) is 16.1. The zero-order chi connectivity index (χ0) is 30.5. The summed E-state index contributed by atoms with van der Waals surface area (Å²) in [6, 6.07) is 18.1. The molecule has 5 aromatic rings. The van der Waals surface area contributed by atoms with Gasteiger partial charge in [0.15, 0.2) is 6.19 Å².